The molecule has 2 aromatic rings. The fourth-order valence-corrected chi connectivity index (χ4v) is 2.32. The van der Waals surface area contributed by atoms with E-state index in [0.717, 1.165) is 14.3 Å². The number of carboxylic acids is 2. The number of aromatic carboxylic acids is 2. The van der Waals surface area contributed by atoms with Gasteiger partial charge in [0.05, 0.1) is 11.1 Å². The summed E-state index contributed by atoms with van der Waals surface area (Å²) in [7, 11) is 0. The zero-order valence-electron chi connectivity index (χ0n) is 8.48. The van der Waals surface area contributed by atoms with Crippen LogP contribution in [0.4, 0.5) is 0 Å². The quantitative estimate of drug-likeness (QED) is 0.823. The first-order valence-electron chi connectivity index (χ1n) is 4.69. The topological polar surface area (TPSA) is 74.6 Å². The molecule has 0 unspecified atom stereocenters. The summed E-state index contributed by atoms with van der Waals surface area (Å²) in [6.07, 6.45) is 0. The van der Waals surface area contributed by atoms with Crippen LogP contribution in [0.2, 0.25) is 0 Å². The average Bonchev–Trinajstić information content (AvgIpc) is 2.27. The summed E-state index contributed by atoms with van der Waals surface area (Å²) in [6.45, 7) is 0. The van der Waals surface area contributed by atoms with Crippen molar-refractivity contribution in [3.05, 3.63) is 45.0 Å². The van der Waals surface area contributed by atoms with E-state index >= 15 is 0 Å². The molecule has 5 heteroatoms. The van der Waals surface area contributed by atoms with Crippen molar-refractivity contribution in [3.63, 3.8) is 0 Å². The number of rotatable bonds is 2. The van der Waals surface area contributed by atoms with E-state index < -0.39 is 11.9 Å². The Hall–Kier alpha value is -1.63. The minimum atomic E-state index is -1.23. The maximum Gasteiger partial charge on any atom is 0.336 e. The van der Waals surface area contributed by atoms with Gasteiger partial charge in [-0.3, -0.25) is 0 Å². The van der Waals surface area contributed by atoms with Crippen molar-refractivity contribution in [2.24, 2.45) is 0 Å². The Morgan fingerprint density at radius 3 is 2.18 bits per heavy atom. The maximum absolute atomic E-state index is 11.0. The van der Waals surface area contributed by atoms with Crippen molar-refractivity contribution in [2.45, 2.75) is 0 Å². The van der Waals surface area contributed by atoms with E-state index in [9.17, 15) is 9.59 Å². The molecule has 17 heavy (non-hydrogen) atoms. The molecule has 0 heterocycles. The van der Waals surface area contributed by atoms with Crippen LogP contribution in [-0.2, 0) is 0 Å². The van der Waals surface area contributed by atoms with Crippen molar-refractivity contribution in [3.8, 4) is 0 Å². The van der Waals surface area contributed by atoms with Gasteiger partial charge in [-0.15, -0.1) is 0 Å². The smallest absolute Gasteiger partial charge is 0.336 e. The average molecular weight is 342 g/mol. The summed E-state index contributed by atoms with van der Waals surface area (Å²) in [6, 6.07) is 8.20. The van der Waals surface area contributed by atoms with Crippen molar-refractivity contribution in [1.82, 2.24) is 0 Å². The molecule has 0 amide bonds. The third-order valence-corrected chi connectivity index (χ3v) is 3.37. The molecule has 4 nitrogen and oxygen atoms in total. The van der Waals surface area contributed by atoms with Crippen LogP contribution in [0.3, 0.4) is 0 Å². The zero-order chi connectivity index (χ0) is 12.6. The highest BCUT2D eigenvalue weighted by molar-refractivity contribution is 14.1. The number of carboxylic acid groups (broad SMARTS) is 2. The number of carbonyl (C=O) groups is 2. The summed E-state index contributed by atoms with van der Waals surface area (Å²) in [5, 5.41) is 19.4. The van der Waals surface area contributed by atoms with Crippen LogP contribution < -0.4 is 0 Å². The van der Waals surface area contributed by atoms with E-state index in [0.29, 0.717) is 0 Å². The Balaban J connectivity index is 2.87. The highest BCUT2D eigenvalue weighted by Crippen LogP contribution is 2.24. The number of fused-ring (bicyclic) bond motifs is 1. The lowest BCUT2D eigenvalue weighted by Crippen LogP contribution is -2.08. The Bertz CT molecular complexity index is 634. The van der Waals surface area contributed by atoms with Gasteiger partial charge in [-0.2, -0.15) is 0 Å². The van der Waals surface area contributed by atoms with Gasteiger partial charge in [0, 0.05) is 3.57 Å². The second-order valence-electron chi connectivity index (χ2n) is 3.47. The normalized spacial score (nSPS) is 10.4. The monoisotopic (exact) mass is 342 g/mol. The molecule has 0 atom stereocenters. The summed E-state index contributed by atoms with van der Waals surface area (Å²) in [5.41, 5.74) is -0.374. The molecule has 86 valence electrons. The van der Waals surface area contributed by atoms with Gasteiger partial charge in [-0.25, -0.2) is 9.59 Å². The molecule has 0 radical (unpaired) electrons. The van der Waals surface area contributed by atoms with Gasteiger partial charge in [0.25, 0.3) is 0 Å². The predicted octanol–water partition coefficient (Wildman–Crippen LogP) is 2.84. The molecule has 0 saturated carbocycles. The van der Waals surface area contributed by atoms with Gasteiger partial charge in [0.1, 0.15) is 0 Å². The number of hydrogen-bond donors (Lipinski definition) is 2. The molecule has 0 aliphatic rings. The van der Waals surface area contributed by atoms with E-state index in [2.05, 4.69) is 22.6 Å². The SMILES string of the molecule is O=C(O)c1cc2cccc(I)c2cc1C(=O)O. The van der Waals surface area contributed by atoms with Gasteiger partial charge in [0.2, 0.25) is 0 Å². The Morgan fingerprint density at radius 1 is 1.00 bits per heavy atom. The Labute approximate surface area is 110 Å². The number of benzene rings is 2. The van der Waals surface area contributed by atoms with Crippen LogP contribution in [0.15, 0.2) is 30.3 Å². The van der Waals surface area contributed by atoms with Gasteiger partial charge >= 0.3 is 11.9 Å². The lowest BCUT2D eigenvalue weighted by atomic mass is 10.0. The molecule has 0 bridgehead atoms. The maximum atomic E-state index is 11.0. The van der Waals surface area contributed by atoms with Crippen molar-refractivity contribution >= 4 is 45.3 Å². The first-order valence-corrected chi connectivity index (χ1v) is 5.77. The van der Waals surface area contributed by atoms with Gasteiger partial charge < -0.3 is 10.2 Å². The van der Waals surface area contributed by atoms with Crippen LogP contribution in [0.5, 0.6) is 0 Å². The van der Waals surface area contributed by atoms with Crippen molar-refractivity contribution < 1.29 is 19.8 Å². The zero-order valence-corrected chi connectivity index (χ0v) is 10.6. The minimum absolute atomic E-state index is 0.186. The summed E-state index contributed by atoms with van der Waals surface area (Å²) in [5.74, 6) is -2.47. The van der Waals surface area contributed by atoms with Crippen LogP contribution in [0, 0.1) is 3.57 Å². The van der Waals surface area contributed by atoms with Crippen molar-refractivity contribution in [2.75, 3.05) is 0 Å². The summed E-state index contributed by atoms with van der Waals surface area (Å²) < 4.78 is 0.888. The first-order chi connectivity index (χ1) is 8.00. The third kappa shape index (κ3) is 2.10. The lowest BCUT2D eigenvalue weighted by molar-refractivity contribution is 0.0652. The van der Waals surface area contributed by atoms with E-state index in [4.69, 9.17) is 10.2 Å². The fourth-order valence-electron chi connectivity index (χ4n) is 1.64. The highest BCUT2D eigenvalue weighted by atomic mass is 127. The molecule has 0 aliphatic heterocycles. The van der Waals surface area contributed by atoms with Gasteiger partial charge in [0.15, 0.2) is 0 Å². The van der Waals surface area contributed by atoms with Crippen LogP contribution in [0.1, 0.15) is 20.7 Å². The second kappa shape index (κ2) is 4.33. The molecule has 0 aliphatic carbocycles. The predicted molar refractivity (Wildman–Crippen MR) is 70.6 cm³/mol. The lowest BCUT2D eigenvalue weighted by Gasteiger charge is -2.06. The largest absolute Gasteiger partial charge is 0.478 e. The highest BCUT2D eigenvalue weighted by Gasteiger charge is 2.17. The summed E-state index contributed by atoms with van der Waals surface area (Å²) >= 11 is 2.09. The van der Waals surface area contributed by atoms with Crippen molar-refractivity contribution in [1.29, 1.82) is 0 Å². The van der Waals surface area contributed by atoms with Crippen LogP contribution in [0.25, 0.3) is 10.8 Å². The minimum Gasteiger partial charge on any atom is -0.478 e. The molecule has 0 aromatic heterocycles. The molecule has 0 saturated heterocycles. The Kier molecular flexibility index (Phi) is 3.01. The number of hydrogen-bond acceptors (Lipinski definition) is 2. The standard InChI is InChI=1S/C12H7IO4/c13-10-3-1-2-6-4-8(11(14)15)9(12(16)17)5-7(6)10/h1-5H,(H,14,15)(H,16,17). The van der Waals surface area contributed by atoms with E-state index in [1.165, 1.54) is 12.1 Å². The Morgan fingerprint density at radius 2 is 1.59 bits per heavy atom. The van der Waals surface area contributed by atoms with Gasteiger partial charge in [-0.1, -0.05) is 12.1 Å². The second-order valence-corrected chi connectivity index (χ2v) is 4.63. The van der Waals surface area contributed by atoms with Crippen LogP contribution in [-0.4, -0.2) is 22.2 Å². The van der Waals surface area contributed by atoms with E-state index in [1.807, 2.05) is 6.07 Å². The fraction of sp³-hybridized carbons (Fsp3) is 0. The first kappa shape index (κ1) is 11.8. The van der Waals surface area contributed by atoms with Crippen LogP contribution >= 0.6 is 22.6 Å². The molecular formula is C12H7IO4. The van der Waals surface area contributed by atoms with E-state index in [-0.39, 0.29) is 11.1 Å². The molecule has 2 aromatic carbocycles. The molecule has 0 spiro atoms. The molecular weight excluding hydrogens is 335 g/mol. The van der Waals surface area contributed by atoms with Gasteiger partial charge in [-0.05, 0) is 51.6 Å². The summed E-state index contributed by atoms with van der Waals surface area (Å²) in [4.78, 5) is 22.0. The third-order valence-electron chi connectivity index (χ3n) is 2.43. The molecule has 2 N–H and O–H groups in total. The number of halogens is 1. The molecule has 2 rings (SSSR count). The molecule has 0 fully saturated rings. The van der Waals surface area contributed by atoms with E-state index in [1.54, 1.807) is 12.1 Å².